The van der Waals surface area contributed by atoms with Crippen molar-refractivity contribution in [3.8, 4) is 5.75 Å². The Morgan fingerprint density at radius 3 is 2.64 bits per heavy atom. The number of esters is 1. The molecule has 2 rings (SSSR count). The molecule has 126 valence electrons. The largest absolute Gasteiger partial charge is 0.508 e. The molecule has 1 aromatic rings. The number of phenolic OH excluding ortho intramolecular Hbond substituents is 1. The third-order valence-electron chi connectivity index (χ3n) is 3.78. The highest BCUT2D eigenvalue weighted by Crippen LogP contribution is 2.20. The Morgan fingerprint density at radius 2 is 2.05 bits per heavy atom. The van der Waals surface area contributed by atoms with Crippen LogP contribution in [0.4, 0.5) is 0 Å². The van der Waals surface area contributed by atoms with Gasteiger partial charge in [-0.2, -0.15) is 0 Å². The number of halogens is 2. The predicted molar refractivity (Wildman–Crippen MR) is 96.9 cm³/mol. The lowest BCUT2D eigenvalue weighted by Crippen LogP contribution is -2.33. The number of hydrogen-bond donors (Lipinski definition) is 2. The summed E-state index contributed by atoms with van der Waals surface area (Å²) in [6.45, 7) is 2.51. The van der Waals surface area contributed by atoms with Gasteiger partial charge in [-0.15, -0.1) is 34.0 Å². The third kappa shape index (κ3) is 6.24. The molecule has 1 aromatic carbocycles. The zero-order chi connectivity index (χ0) is 14.5. The Hall–Kier alpha value is -0.630. The molecule has 0 saturated carbocycles. The van der Waals surface area contributed by atoms with Crippen molar-refractivity contribution in [1.29, 1.82) is 0 Å². The lowest BCUT2D eigenvalue weighted by Gasteiger charge is -2.28. The van der Waals surface area contributed by atoms with Crippen LogP contribution >= 0.6 is 34.0 Å². The first-order valence-corrected chi connectivity index (χ1v) is 6.96. The number of piperidine rings is 1. The van der Waals surface area contributed by atoms with E-state index in [0.29, 0.717) is 18.1 Å². The molecular formula is C15H24Br2N2O3. The second kappa shape index (κ2) is 10.2. The molecule has 0 aromatic heterocycles. The molecule has 5 nitrogen and oxygen atoms in total. The Kier molecular flexibility index (Phi) is 9.91. The van der Waals surface area contributed by atoms with E-state index >= 15 is 0 Å². The van der Waals surface area contributed by atoms with E-state index in [1.165, 1.54) is 6.07 Å². The van der Waals surface area contributed by atoms with Gasteiger partial charge in [0, 0.05) is 0 Å². The smallest absolute Gasteiger partial charge is 0.327 e. The minimum atomic E-state index is -0.839. The van der Waals surface area contributed by atoms with E-state index in [2.05, 4.69) is 11.9 Å². The Labute approximate surface area is 152 Å². The summed E-state index contributed by atoms with van der Waals surface area (Å²) in [5.41, 5.74) is 6.42. The van der Waals surface area contributed by atoms with Gasteiger partial charge in [0.05, 0.1) is 6.61 Å². The van der Waals surface area contributed by atoms with Crippen LogP contribution < -0.4 is 5.73 Å². The predicted octanol–water partition coefficient (Wildman–Crippen LogP) is 2.43. The SMILES string of the molecule is Br.Br.CN1CCC(COC(=O)C(N)c2cccc(O)c2)CC1. The van der Waals surface area contributed by atoms with Crippen LogP contribution in [0.15, 0.2) is 24.3 Å². The van der Waals surface area contributed by atoms with Crippen molar-refractivity contribution in [2.75, 3.05) is 26.7 Å². The first-order valence-electron chi connectivity index (χ1n) is 6.96. The summed E-state index contributed by atoms with van der Waals surface area (Å²) in [5.74, 6) is 0.0853. The standard InChI is InChI=1S/C15H22N2O3.2BrH/c1-17-7-5-11(6-8-17)10-20-15(19)14(16)12-3-2-4-13(18)9-12;;/h2-4,9,11,14,18H,5-8,10,16H2,1H3;2*1H. The zero-order valence-corrected chi connectivity index (χ0v) is 16.0. The number of nitrogens with two attached hydrogens (primary N) is 1. The molecule has 1 saturated heterocycles. The van der Waals surface area contributed by atoms with Crippen LogP contribution in [-0.2, 0) is 9.53 Å². The second-order valence-electron chi connectivity index (χ2n) is 5.45. The van der Waals surface area contributed by atoms with Crippen LogP contribution in [0.1, 0.15) is 24.4 Å². The van der Waals surface area contributed by atoms with Gasteiger partial charge < -0.3 is 20.5 Å². The highest BCUT2D eigenvalue weighted by molar-refractivity contribution is 8.93. The molecule has 1 heterocycles. The monoisotopic (exact) mass is 438 g/mol. The van der Waals surface area contributed by atoms with E-state index in [9.17, 15) is 9.90 Å². The first kappa shape index (κ1) is 21.4. The van der Waals surface area contributed by atoms with Crippen LogP contribution in [0.5, 0.6) is 5.75 Å². The number of hydrogen-bond acceptors (Lipinski definition) is 5. The van der Waals surface area contributed by atoms with Crippen molar-refractivity contribution in [1.82, 2.24) is 4.90 Å². The van der Waals surface area contributed by atoms with Gasteiger partial charge in [0.15, 0.2) is 0 Å². The number of carbonyl (C=O) groups is 1. The average molecular weight is 440 g/mol. The summed E-state index contributed by atoms with van der Waals surface area (Å²) in [4.78, 5) is 14.2. The van der Waals surface area contributed by atoms with Gasteiger partial charge in [0.25, 0.3) is 0 Å². The number of rotatable bonds is 4. The molecule has 0 bridgehead atoms. The van der Waals surface area contributed by atoms with Gasteiger partial charge in [-0.05, 0) is 56.6 Å². The Bertz CT molecular complexity index is 466. The number of aromatic hydroxyl groups is 1. The first-order chi connectivity index (χ1) is 9.56. The number of ether oxygens (including phenoxy) is 1. The number of phenols is 1. The molecule has 1 unspecified atom stereocenters. The van der Waals surface area contributed by atoms with Crippen LogP contribution in [0.25, 0.3) is 0 Å². The quantitative estimate of drug-likeness (QED) is 0.704. The Morgan fingerprint density at radius 1 is 1.41 bits per heavy atom. The molecule has 7 heteroatoms. The number of benzene rings is 1. The lowest BCUT2D eigenvalue weighted by atomic mass is 9.98. The molecule has 1 atom stereocenters. The van der Waals surface area contributed by atoms with Crippen molar-refractivity contribution in [3.63, 3.8) is 0 Å². The Balaban J connectivity index is 0.00000220. The van der Waals surface area contributed by atoms with Gasteiger partial charge >= 0.3 is 5.97 Å². The molecule has 1 fully saturated rings. The van der Waals surface area contributed by atoms with Crippen molar-refractivity contribution >= 4 is 39.9 Å². The summed E-state index contributed by atoms with van der Waals surface area (Å²) < 4.78 is 5.31. The van der Waals surface area contributed by atoms with Gasteiger partial charge in [0.1, 0.15) is 11.8 Å². The maximum Gasteiger partial charge on any atom is 0.327 e. The van der Waals surface area contributed by atoms with Crippen molar-refractivity contribution in [2.45, 2.75) is 18.9 Å². The summed E-state index contributed by atoms with van der Waals surface area (Å²) in [5, 5.41) is 9.39. The molecule has 0 radical (unpaired) electrons. The van der Waals surface area contributed by atoms with Crippen LogP contribution in [-0.4, -0.2) is 42.7 Å². The summed E-state index contributed by atoms with van der Waals surface area (Å²) in [6, 6.07) is 5.56. The molecule has 22 heavy (non-hydrogen) atoms. The van der Waals surface area contributed by atoms with Crippen LogP contribution in [0.3, 0.4) is 0 Å². The van der Waals surface area contributed by atoms with Crippen LogP contribution in [0, 0.1) is 5.92 Å². The van der Waals surface area contributed by atoms with E-state index in [1.54, 1.807) is 18.2 Å². The van der Waals surface area contributed by atoms with E-state index < -0.39 is 12.0 Å². The fraction of sp³-hybridized carbons (Fsp3) is 0.533. The number of nitrogens with zero attached hydrogens (tertiary/aromatic N) is 1. The average Bonchev–Trinajstić information content (AvgIpc) is 2.45. The van der Waals surface area contributed by atoms with E-state index in [0.717, 1.165) is 25.9 Å². The van der Waals surface area contributed by atoms with Crippen molar-refractivity contribution in [2.24, 2.45) is 11.7 Å². The summed E-state index contributed by atoms with van der Waals surface area (Å²) >= 11 is 0. The molecule has 3 N–H and O–H groups in total. The lowest BCUT2D eigenvalue weighted by molar-refractivity contribution is -0.147. The highest BCUT2D eigenvalue weighted by Gasteiger charge is 2.22. The zero-order valence-electron chi connectivity index (χ0n) is 12.6. The van der Waals surface area contributed by atoms with Crippen molar-refractivity contribution in [3.05, 3.63) is 29.8 Å². The molecule has 1 aliphatic rings. The number of likely N-dealkylation sites (tertiary alicyclic amines) is 1. The van der Waals surface area contributed by atoms with E-state index in [4.69, 9.17) is 10.5 Å². The fourth-order valence-corrected chi connectivity index (χ4v) is 2.37. The highest BCUT2D eigenvalue weighted by atomic mass is 79.9. The molecule has 1 aliphatic heterocycles. The second-order valence-corrected chi connectivity index (χ2v) is 5.45. The van der Waals surface area contributed by atoms with E-state index in [-0.39, 0.29) is 39.7 Å². The normalized spacial score (nSPS) is 17.0. The molecule has 0 aliphatic carbocycles. The van der Waals surface area contributed by atoms with Gasteiger partial charge in [0.2, 0.25) is 0 Å². The van der Waals surface area contributed by atoms with Gasteiger partial charge in [-0.25, -0.2) is 4.79 Å². The maximum absolute atomic E-state index is 11.9. The summed E-state index contributed by atoms with van der Waals surface area (Å²) in [7, 11) is 2.10. The van der Waals surface area contributed by atoms with Crippen LogP contribution in [0.2, 0.25) is 0 Å². The maximum atomic E-state index is 11.9. The van der Waals surface area contributed by atoms with E-state index in [1.807, 2.05) is 0 Å². The van der Waals surface area contributed by atoms with Gasteiger partial charge in [-0.3, -0.25) is 0 Å². The minimum absolute atomic E-state index is 0. The summed E-state index contributed by atoms with van der Waals surface area (Å²) in [6.07, 6.45) is 2.09. The fourth-order valence-electron chi connectivity index (χ4n) is 2.37. The minimum Gasteiger partial charge on any atom is -0.508 e. The molecular weight excluding hydrogens is 416 g/mol. The topological polar surface area (TPSA) is 75.8 Å². The van der Waals surface area contributed by atoms with Crippen molar-refractivity contribution < 1.29 is 14.6 Å². The molecule has 0 spiro atoms. The number of carbonyl (C=O) groups excluding carboxylic acids is 1. The third-order valence-corrected chi connectivity index (χ3v) is 3.78. The molecule has 0 amide bonds. The van der Waals surface area contributed by atoms with Gasteiger partial charge in [-0.1, -0.05) is 12.1 Å².